The normalized spacial score (nSPS) is 20.0. The van der Waals surface area contributed by atoms with E-state index in [9.17, 15) is 14.9 Å². The average molecular weight is 349 g/mol. The average Bonchev–Trinajstić information content (AvgIpc) is 3.03. The number of hydrogen-bond acceptors (Lipinski definition) is 8. The first kappa shape index (κ1) is 16.3. The Hall–Kier alpha value is -2.52. The number of anilines is 1. The Kier molecular flexibility index (Phi) is 4.72. The van der Waals surface area contributed by atoms with E-state index in [1.54, 1.807) is 6.08 Å². The standard InChI is InChI=1S/C15H15N3O5S/c1-9(19)22-8-11-3-2-10(7-23-11)17-14-13(18(20)21)6-16-12-4-5-24-15(12)14/h2-6,10-11H,7-8H2,1H3,(H,16,17)/t10-,11?/m1/s1. The molecule has 126 valence electrons. The fourth-order valence-corrected chi connectivity index (χ4v) is 3.21. The molecule has 2 aromatic rings. The van der Waals surface area contributed by atoms with Crippen LogP contribution in [0.15, 0.2) is 29.8 Å². The summed E-state index contributed by atoms with van der Waals surface area (Å²) in [5.74, 6) is -0.361. The Bertz CT molecular complexity index is 804. The molecule has 0 aromatic carbocycles. The molecule has 0 radical (unpaired) electrons. The molecule has 1 N–H and O–H groups in total. The number of aromatic nitrogens is 1. The van der Waals surface area contributed by atoms with E-state index in [2.05, 4.69) is 10.3 Å². The van der Waals surface area contributed by atoms with Gasteiger partial charge in [0, 0.05) is 6.92 Å². The van der Waals surface area contributed by atoms with Crippen LogP contribution in [0.4, 0.5) is 11.4 Å². The summed E-state index contributed by atoms with van der Waals surface area (Å²) in [6, 6.07) is 1.60. The zero-order valence-electron chi connectivity index (χ0n) is 12.8. The summed E-state index contributed by atoms with van der Waals surface area (Å²) in [4.78, 5) is 25.7. The highest BCUT2D eigenvalue weighted by molar-refractivity contribution is 7.17. The minimum absolute atomic E-state index is 0.0691. The predicted octanol–water partition coefficient (Wildman–Crippen LogP) is 2.50. The molecular weight excluding hydrogens is 334 g/mol. The number of fused-ring (bicyclic) bond motifs is 1. The van der Waals surface area contributed by atoms with Crippen LogP contribution >= 0.6 is 11.3 Å². The van der Waals surface area contributed by atoms with Crippen molar-refractivity contribution >= 4 is 38.9 Å². The molecule has 1 unspecified atom stereocenters. The number of ether oxygens (including phenoxy) is 2. The molecule has 0 spiro atoms. The van der Waals surface area contributed by atoms with Gasteiger partial charge in [-0.3, -0.25) is 14.9 Å². The van der Waals surface area contributed by atoms with Crippen LogP contribution in [0, 0.1) is 10.1 Å². The van der Waals surface area contributed by atoms with Crippen molar-refractivity contribution < 1.29 is 19.2 Å². The van der Waals surface area contributed by atoms with E-state index in [-0.39, 0.29) is 30.4 Å². The van der Waals surface area contributed by atoms with Crippen molar-refractivity contribution in [2.75, 3.05) is 18.5 Å². The van der Waals surface area contributed by atoms with Crippen molar-refractivity contribution in [3.05, 3.63) is 39.9 Å². The molecule has 1 aliphatic heterocycles. The number of pyridine rings is 1. The Labute approximate surface area is 141 Å². The fourth-order valence-electron chi connectivity index (χ4n) is 2.36. The van der Waals surface area contributed by atoms with Crippen LogP contribution < -0.4 is 5.32 Å². The Balaban J connectivity index is 1.77. The summed E-state index contributed by atoms with van der Waals surface area (Å²) in [7, 11) is 0. The van der Waals surface area contributed by atoms with Gasteiger partial charge in [0.2, 0.25) is 0 Å². The van der Waals surface area contributed by atoms with Gasteiger partial charge in [0.05, 0.1) is 27.8 Å². The SMILES string of the molecule is CC(=O)OCC1C=C[C@@H](Nc2c([N+](=O)[O-])cnc3ccsc23)CO1. The van der Waals surface area contributed by atoms with Crippen molar-refractivity contribution in [1.29, 1.82) is 0 Å². The molecule has 24 heavy (non-hydrogen) atoms. The maximum absolute atomic E-state index is 11.3. The van der Waals surface area contributed by atoms with Crippen LogP contribution in [0.2, 0.25) is 0 Å². The molecule has 0 amide bonds. The molecule has 1 aliphatic rings. The van der Waals surface area contributed by atoms with Gasteiger partial charge in [0.25, 0.3) is 0 Å². The van der Waals surface area contributed by atoms with Gasteiger partial charge in [-0.05, 0) is 11.4 Å². The first-order valence-electron chi connectivity index (χ1n) is 7.25. The number of nitrogens with zero attached hydrogens (tertiary/aromatic N) is 2. The lowest BCUT2D eigenvalue weighted by atomic mass is 10.1. The Morgan fingerprint density at radius 3 is 3.08 bits per heavy atom. The monoisotopic (exact) mass is 349 g/mol. The van der Waals surface area contributed by atoms with Crippen LogP contribution in [0.25, 0.3) is 10.2 Å². The topological polar surface area (TPSA) is 104 Å². The molecule has 3 heterocycles. The van der Waals surface area contributed by atoms with Crippen molar-refractivity contribution in [2.24, 2.45) is 0 Å². The van der Waals surface area contributed by atoms with Gasteiger partial charge in [-0.25, -0.2) is 4.98 Å². The molecule has 0 saturated carbocycles. The molecule has 8 nitrogen and oxygen atoms in total. The van der Waals surface area contributed by atoms with Crippen LogP contribution in [0.3, 0.4) is 0 Å². The fraction of sp³-hybridized carbons (Fsp3) is 0.333. The summed E-state index contributed by atoms with van der Waals surface area (Å²) >= 11 is 1.39. The lowest BCUT2D eigenvalue weighted by Gasteiger charge is -2.24. The second kappa shape index (κ2) is 6.93. The lowest BCUT2D eigenvalue weighted by Crippen LogP contribution is -2.33. The van der Waals surface area contributed by atoms with E-state index in [0.717, 1.165) is 4.70 Å². The Morgan fingerprint density at radius 2 is 2.42 bits per heavy atom. The highest BCUT2D eigenvalue weighted by Gasteiger charge is 2.23. The number of thiophene rings is 1. The number of carbonyl (C=O) groups is 1. The first-order valence-corrected chi connectivity index (χ1v) is 8.13. The zero-order valence-corrected chi connectivity index (χ0v) is 13.6. The van der Waals surface area contributed by atoms with E-state index < -0.39 is 4.92 Å². The number of nitrogens with one attached hydrogen (secondary N) is 1. The van der Waals surface area contributed by atoms with Crippen LogP contribution in [0.1, 0.15) is 6.92 Å². The van der Waals surface area contributed by atoms with Crippen LogP contribution in [-0.2, 0) is 14.3 Å². The number of nitro groups is 1. The maximum Gasteiger partial charge on any atom is 0.311 e. The second-order valence-corrected chi connectivity index (χ2v) is 6.14. The first-order chi connectivity index (χ1) is 11.5. The molecule has 3 rings (SSSR count). The number of hydrogen-bond donors (Lipinski definition) is 1. The summed E-state index contributed by atoms with van der Waals surface area (Å²) in [5.41, 5.74) is 1.08. The van der Waals surface area contributed by atoms with Crippen molar-refractivity contribution in [3.8, 4) is 0 Å². The quantitative estimate of drug-likeness (QED) is 0.383. The third kappa shape index (κ3) is 3.52. The minimum atomic E-state index is -0.453. The van der Waals surface area contributed by atoms with E-state index >= 15 is 0 Å². The van der Waals surface area contributed by atoms with Gasteiger partial charge in [-0.15, -0.1) is 11.3 Å². The van der Waals surface area contributed by atoms with E-state index in [1.165, 1.54) is 24.5 Å². The van der Waals surface area contributed by atoms with Crippen molar-refractivity contribution in [2.45, 2.75) is 19.1 Å². The van der Waals surface area contributed by atoms with Gasteiger partial charge in [-0.1, -0.05) is 12.2 Å². The van der Waals surface area contributed by atoms with Crippen LogP contribution in [0.5, 0.6) is 0 Å². The van der Waals surface area contributed by atoms with Crippen LogP contribution in [-0.4, -0.2) is 41.2 Å². The largest absolute Gasteiger partial charge is 0.463 e. The number of carbonyl (C=O) groups excluding carboxylic acids is 1. The molecular formula is C15H15N3O5S. The minimum Gasteiger partial charge on any atom is -0.463 e. The third-order valence-electron chi connectivity index (χ3n) is 3.48. The van der Waals surface area contributed by atoms with Gasteiger partial charge >= 0.3 is 11.7 Å². The molecule has 2 aromatic heterocycles. The molecule has 0 aliphatic carbocycles. The molecule has 0 fully saturated rings. The summed E-state index contributed by atoms with van der Waals surface area (Å²) < 4.78 is 11.2. The smallest absolute Gasteiger partial charge is 0.311 e. The molecule has 9 heteroatoms. The predicted molar refractivity (Wildman–Crippen MR) is 89.2 cm³/mol. The highest BCUT2D eigenvalue weighted by Crippen LogP contribution is 2.35. The summed E-state index contributed by atoms with van der Waals surface area (Å²) in [6.07, 6.45) is 4.60. The van der Waals surface area contributed by atoms with Gasteiger partial charge in [-0.2, -0.15) is 0 Å². The molecule has 0 saturated heterocycles. The van der Waals surface area contributed by atoms with Gasteiger partial charge < -0.3 is 14.8 Å². The number of rotatable bonds is 5. The van der Waals surface area contributed by atoms with Gasteiger partial charge in [0.1, 0.15) is 24.6 Å². The van der Waals surface area contributed by atoms with E-state index in [4.69, 9.17) is 9.47 Å². The maximum atomic E-state index is 11.3. The molecule has 2 atom stereocenters. The zero-order chi connectivity index (χ0) is 17.1. The van der Waals surface area contributed by atoms with Crippen molar-refractivity contribution in [1.82, 2.24) is 4.98 Å². The van der Waals surface area contributed by atoms with E-state index in [0.29, 0.717) is 17.8 Å². The Morgan fingerprint density at radius 1 is 1.58 bits per heavy atom. The number of esters is 1. The van der Waals surface area contributed by atoms with Crippen molar-refractivity contribution in [3.63, 3.8) is 0 Å². The highest BCUT2D eigenvalue weighted by atomic mass is 32.1. The lowest BCUT2D eigenvalue weighted by molar-refractivity contribution is -0.384. The third-order valence-corrected chi connectivity index (χ3v) is 4.40. The summed E-state index contributed by atoms with van der Waals surface area (Å²) in [6.45, 7) is 1.81. The molecule has 0 bridgehead atoms. The van der Waals surface area contributed by atoms with Gasteiger partial charge in [0.15, 0.2) is 0 Å². The summed E-state index contributed by atoms with van der Waals surface area (Å²) in [5, 5.41) is 16.3. The van der Waals surface area contributed by atoms with E-state index in [1.807, 2.05) is 17.5 Å². The second-order valence-electron chi connectivity index (χ2n) is 5.22.